The fraction of sp³-hybridized carbons (Fsp3) is 0.389. The van der Waals surface area contributed by atoms with Crippen LogP contribution in [0, 0.1) is 0 Å². The lowest BCUT2D eigenvalue weighted by Crippen LogP contribution is -2.35. The summed E-state index contributed by atoms with van der Waals surface area (Å²) in [6.07, 6.45) is 2.05. The van der Waals surface area contributed by atoms with E-state index in [0.29, 0.717) is 22.9 Å². The molecule has 1 aromatic carbocycles. The Bertz CT molecular complexity index is 822. The summed E-state index contributed by atoms with van der Waals surface area (Å²) in [6.45, 7) is 5.20. The summed E-state index contributed by atoms with van der Waals surface area (Å²) in [5.74, 6) is 0.169. The normalized spacial score (nSPS) is 13.8. The van der Waals surface area contributed by atoms with E-state index in [-0.39, 0.29) is 23.7 Å². The molecule has 3 rings (SSSR count). The summed E-state index contributed by atoms with van der Waals surface area (Å²) in [4.78, 5) is 23.7. The third-order valence-corrected chi connectivity index (χ3v) is 3.93. The molecule has 0 bridgehead atoms. The molecule has 0 unspecified atom stereocenters. The van der Waals surface area contributed by atoms with Gasteiger partial charge >= 0.3 is 6.03 Å². The quantitative estimate of drug-likeness (QED) is 0.744. The summed E-state index contributed by atoms with van der Waals surface area (Å²) >= 11 is 0. The SMILES string of the molecule is CC(=O)Nc1ccc(O)c(-c2cc(C3CC3)n(C(=O)NC(C)C)n2)c1. The summed E-state index contributed by atoms with van der Waals surface area (Å²) in [5, 5.41) is 20.1. The van der Waals surface area contributed by atoms with E-state index in [1.807, 2.05) is 19.9 Å². The largest absolute Gasteiger partial charge is 0.507 e. The Labute approximate surface area is 146 Å². The highest BCUT2D eigenvalue weighted by Gasteiger charge is 2.31. The van der Waals surface area contributed by atoms with Crippen LogP contribution < -0.4 is 10.6 Å². The number of phenols is 1. The monoisotopic (exact) mass is 342 g/mol. The minimum Gasteiger partial charge on any atom is -0.507 e. The minimum atomic E-state index is -0.277. The molecule has 1 aliphatic rings. The van der Waals surface area contributed by atoms with E-state index in [9.17, 15) is 14.7 Å². The van der Waals surface area contributed by atoms with Crippen molar-refractivity contribution in [2.24, 2.45) is 0 Å². The lowest BCUT2D eigenvalue weighted by Gasteiger charge is -2.10. The maximum atomic E-state index is 12.4. The molecule has 1 aromatic heterocycles. The van der Waals surface area contributed by atoms with Crippen molar-refractivity contribution in [3.05, 3.63) is 30.0 Å². The Balaban J connectivity index is 2.00. The number of aromatic nitrogens is 2. The third-order valence-electron chi connectivity index (χ3n) is 3.93. The summed E-state index contributed by atoms with van der Waals surface area (Å²) in [6, 6.07) is 6.34. The Hall–Kier alpha value is -2.83. The molecule has 25 heavy (non-hydrogen) atoms. The molecule has 0 radical (unpaired) electrons. The van der Waals surface area contributed by atoms with Crippen molar-refractivity contribution >= 4 is 17.6 Å². The van der Waals surface area contributed by atoms with Gasteiger partial charge in [-0.1, -0.05) is 0 Å². The molecule has 0 saturated heterocycles. The summed E-state index contributed by atoms with van der Waals surface area (Å²) < 4.78 is 1.39. The lowest BCUT2D eigenvalue weighted by molar-refractivity contribution is -0.114. The van der Waals surface area contributed by atoms with Crippen molar-refractivity contribution in [2.75, 3.05) is 5.32 Å². The van der Waals surface area contributed by atoms with Gasteiger partial charge in [0.2, 0.25) is 5.91 Å². The fourth-order valence-electron chi connectivity index (χ4n) is 2.69. The molecule has 7 nitrogen and oxygen atoms in total. The number of rotatable bonds is 4. The first kappa shape index (κ1) is 17.0. The van der Waals surface area contributed by atoms with Crippen LogP contribution >= 0.6 is 0 Å². The maximum absolute atomic E-state index is 12.4. The molecule has 0 atom stereocenters. The van der Waals surface area contributed by atoms with E-state index in [1.165, 1.54) is 17.7 Å². The van der Waals surface area contributed by atoms with E-state index >= 15 is 0 Å². The lowest BCUT2D eigenvalue weighted by atomic mass is 10.1. The molecule has 3 N–H and O–H groups in total. The Morgan fingerprint density at radius 3 is 2.60 bits per heavy atom. The predicted molar refractivity (Wildman–Crippen MR) is 94.7 cm³/mol. The maximum Gasteiger partial charge on any atom is 0.342 e. The number of amides is 2. The van der Waals surface area contributed by atoms with E-state index in [0.717, 1.165) is 18.5 Å². The number of carbonyl (C=O) groups excluding carboxylic acids is 2. The van der Waals surface area contributed by atoms with Crippen LogP contribution in [0.15, 0.2) is 24.3 Å². The molecule has 7 heteroatoms. The van der Waals surface area contributed by atoms with E-state index in [1.54, 1.807) is 12.1 Å². The molecular formula is C18H22N4O3. The molecule has 0 aliphatic heterocycles. The number of benzene rings is 1. The first-order chi connectivity index (χ1) is 11.8. The van der Waals surface area contributed by atoms with Gasteiger partial charge in [-0.3, -0.25) is 4.79 Å². The van der Waals surface area contributed by atoms with Gasteiger partial charge in [0, 0.05) is 30.1 Å². The van der Waals surface area contributed by atoms with E-state index in [2.05, 4.69) is 15.7 Å². The van der Waals surface area contributed by atoms with Crippen LogP contribution in [0.4, 0.5) is 10.5 Å². The van der Waals surface area contributed by atoms with Gasteiger partial charge in [-0.15, -0.1) is 0 Å². The van der Waals surface area contributed by atoms with Gasteiger partial charge in [-0.25, -0.2) is 4.79 Å². The number of hydrogen-bond donors (Lipinski definition) is 3. The Morgan fingerprint density at radius 1 is 1.28 bits per heavy atom. The zero-order valence-electron chi connectivity index (χ0n) is 14.5. The standard InChI is InChI=1S/C18H22N4O3/c1-10(2)19-18(25)22-16(12-4-5-12)9-15(21-22)14-8-13(20-11(3)23)6-7-17(14)24/h6-10,12,24H,4-5H2,1-3H3,(H,19,25)(H,20,23). The van der Waals surface area contributed by atoms with Crippen molar-refractivity contribution in [1.82, 2.24) is 15.1 Å². The van der Waals surface area contributed by atoms with Gasteiger partial charge in [-0.05, 0) is 51.0 Å². The number of aromatic hydroxyl groups is 1. The number of phenolic OH excluding ortho intramolecular Hbond substituents is 1. The first-order valence-electron chi connectivity index (χ1n) is 8.37. The zero-order valence-corrected chi connectivity index (χ0v) is 14.5. The number of anilines is 1. The van der Waals surface area contributed by atoms with Crippen molar-refractivity contribution in [1.29, 1.82) is 0 Å². The fourth-order valence-corrected chi connectivity index (χ4v) is 2.69. The molecule has 2 aromatic rings. The second-order valence-corrected chi connectivity index (χ2v) is 6.66. The van der Waals surface area contributed by atoms with E-state index in [4.69, 9.17) is 0 Å². The van der Waals surface area contributed by atoms with Crippen LogP contribution in [-0.2, 0) is 4.79 Å². The van der Waals surface area contributed by atoms with Crippen LogP contribution in [0.25, 0.3) is 11.3 Å². The van der Waals surface area contributed by atoms with Crippen LogP contribution in [0.5, 0.6) is 5.75 Å². The summed E-state index contributed by atoms with van der Waals surface area (Å²) in [5.41, 5.74) is 2.39. The first-order valence-corrected chi connectivity index (χ1v) is 8.37. The molecule has 0 spiro atoms. The molecule has 1 fully saturated rings. The highest BCUT2D eigenvalue weighted by Crippen LogP contribution is 2.42. The van der Waals surface area contributed by atoms with Crippen LogP contribution in [0.2, 0.25) is 0 Å². The smallest absolute Gasteiger partial charge is 0.342 e. The average Bonchev–Trinajstić information content (AvgIpc) is 3.27. The van der Waals surface area contributed by atoms with E-state index < -0.39 is 0 Å². The minimum absolute atomic E-state index is 0.00343. The number of carbonyl (C=O) groups is 2. The van der Waals surface area contributed by atoms with Crippen molar-refractivity contribution < 1.29 is 14.7 Å². The van der Waals surface area contributed by atoms with Gasteiger partial charge in [0.25, 0.3) is 0 Å². The van der Waals surface area contributed by atoms with Crippen LogP contribution in [0.1, 0.15) is 45.2 Å². The molecule has 1 heterocycles. The number of nitrogens with zero attached hydrogens (tertiary/aromatic N) is 2. The van der Waals surface area contributed by atoms with Gasteiger partial charge in [0.1, 0.15) is 5.75 Å². The predicted octanol–water partition coefficient (Wildman–Crippen LogP) is 3.06. The topological polar surface area (TPSA) is 96.2 Å². The van der Waals surface area contributed by atoms with Crippen LogP contribution in [-0.4, -0.2) is 32.9 Å². The zero-order chi connectivity index (χ0) is 18.1. The van der Waals surface area contributed by atoms with Gasteiger partial charge in [0.15, 0.2) is 0 Å². The Morgan fingerprint density at radius 2 is 2.00 bits per heavy atom. The highest BCUT2D eigenvalue weighted by molar-refractivity contribution is 5.90. The number of nitrogens with one attached hydrogen (secondary N) is 2. The van der Waals surface area contributed by atoms with Crippen molar-refractivity contribution in [3.63, 3.8) is 0 Å². The second-order valence-electron chi connectivity index (χ2n) is 6.66. The molecule has 1 saturated carbocycles. The van der Waals surface area contributed by atoms with Crippen molar-refractivity contribution in [2.45, 2.75) is 45.6 Å². The molecule has 132 valence electrons. The molecular weight excluding hydrogens is 320 g/mol. The highest BCUT2D eigenvalue weighted by atomic mass is 16.3. The average molecular weight is 342 g/mol. The van der Waals surface area contributed by atoms with Crippen LogP contribution in [0.3, 0.4) is 0 Å². The third kappa shape index (κ3) is 3.81. The van der Waals surface area contributed by atoms with Crippen molar-refractivity contribution in [3.8, 4) is 17.0 Å². The Kier molecular flexibility index (Phi) is 4.48. The van der Waals surface area contributed by atoms with Gasteiger partial charge in [0.05, 0.1) is 11.4 Å². The second kappa shape index (κ2) is 6.58. The van der Waals surface area contributed by atoms with Gasteiger partial charge < -0.3 is 15.7 Å². The summed E-state index contributed by atoms with van der Waals surface area (Å²) in [7, 11) is 0. The number of hydrogen-bond acceptors (Lipinski definition) is 4. The van der Waals surface area contributed by atoms with Gasteiger partial charge in [-0.2, -0.15) is 9.78 Å². The molecule has 1 aliphatic carbocycles. The molecule has 2 amide bonds.